The first-order valence-corrected chi connectivity index (χ1v) is 12.5. The summed E-state index contributed by atoms with van der Waals surface area (Å²) < 4.78 is 28.8. The molecule has 38 heavy (non-hydrogen) atoms. The molecule has 0 radical (unpaired) electrons. The molecule has 7 N–H and O–H groups in total. The molecular formula is C24H17F2I2N5O5. The highest BCUT2D eigenvalue weighted by Crippen LogP contribution is 2.24. The molecule has 0 spiro atoms. The van der Waals surface area contributed by atoms with E-state index >= 15 is 0 Å². The van der Waals surface area contributed by atoms with Gasteiger partial charge in [-0.1, -0.05) is 0 Å². The zero-order chi connectivity index (χ0) is 28.0. The minimum absolute atomic E-state index is 0.0383. The van der Waals surface area contributed by atoms with Crippen LogP contribution in [0.2, 0.25) is 0 Å². The van der Waals surface area contributed by atoms with Crippen LogP contribution in [-0.4, -0.2) is 27.0 Å². The van der Waals surface area contributed by atoms with Crippen molar-refractivity contribution in [1.82, 2.24) is 9.97 Å². The van der Waals surface area contributed by atoms with Gasteiger partial charge in [0.15, 0.2) is 0 Å². The minimum atomic E-state index is -1.22. The molecule has 0 aliphatic heterocycles. The number of carbonyl (C=O) groups is 2. The van der Waals surface area contributed by atoms with Crippen LogP contribution in [0, 0.1) is 18.8 Å². The van der Waals surface area contributed by atoms with Gasteiger partial charge in [0.05, 0.1) is 33.9 Å². The summed E-state index contributed by atoms with van der Waals surface area (Å²) in [5.41, 5.74) is 4.70. The number of benzene rings is 2. The molecule has 4 aromatic rings. The molecule has 0 bridgehead atoms. The van der Waals surface area contributed by atoms with E-state index in [-0.39, 0.29) is 33.9 Å². The van der Waals surface area contributed by atoms with Crippen molar-refractivity contribution in [2.45, 2.75) is 0 Å². The van der Waals surface area contributed by atoms with Crippen molar-refractivity contribution >= 4 is 79.8 Å². The van der Waals surface area contributed by atoms with Crippen molar-refractivity contribution in [1.29, 1.82) is 0 Å². The summed E-state index contributed by atoms with van der Waals surface area (Å²) in [5.74, 6) is -2.94. The second kappa shape index (κ2) is 12.6. The molecule has 10 nitrogen and oxygen atoms in total. The second-order valence-corrected chi connectivity index (χ2v) is 9.91. The highest BCUT2D eigenvalue weighted by Gasteiger charge is 2.13. The van der Waals surface area contributed by atoms with Gasteiger partial charge in [-0.05, 0) is 81.6 Å². The molecule has 4 rings (SSSR count). The molecule has 0 aliphatic rings. The number of aromatic carboxylic acids is 1. The molecule has 1 amide bonds. The van der Waals surface area contributed by atoms with Gasteiger partial charge in [0.25, 0.3) is 5.91 Å². The molecule has 2 aromatic carbocycles. The predicted molar refractivity (Wildman–Crippen MR) is 154 cm³/mol. The second-order valence-electron chi connectivity index (χ2n) is 7.42. The molecule has 0 unspecified atom stereocenters. The fraction of sp³-hybridized carbons (Fsp3) is 0. The van der Waals surface area contributed by atoms with E-state index in [2.05, 4.69) is 20.6 Å². The summed E-state index contributed by atoms with van der Waals surface area (Å²) in [6, 6.07) is 11.2. The van der Waals surface area contributed by atoms with Crippen LogP contribution >= 0.6 is 45.2 Å². The smallest absolute Gasteiger partial charge is 0.339 e. The van der Waals surface area contributed by atoms with Gasteiger partial charge in [0.1, 0.15) is 11.6 Å². The van der Waals surface area contributed by atoms with Crippen LogP contribution < -0.4 is 27.5 Å². The highest BCUT2D eigenvalue weighted by molar-refractivity contribution is 14.1. The number of amides is 1. The summed E-state index contributed by atoms with van der Waals surface area (Å²) in [7, 11) is 0. The number of primary amides is 1. The number of H-pyrrole nitrogens is 2. The first-order valence-electron chi connectivity index (χ1n) is 10.4. The zero-order valence-electron chi connectivity index (χ0n) is 18.9. The van der Waals surface area contributed by atoms with E-state index in [0.717, 1.165) is 21.9 Å². The van der Waals surface area contributed by atoms with Crippen LogP contribution in [0.5, 0.6) is 0 Å². The van der Waals surface area contributed by atoms with Gasteiger partial charge in [-0.15, -0.1) is 0 Å². The minimum Gasteiger partial charge on any atom is -0.478 e. The van der Waals surface area contributed by atoms with Gasteiger partial charge in [-0.3, -0.25) is 14.4 Å². The normalized spacial score (nSPS) is 10.2. The van der Waals surface area contributed by atoms with Crippen molar-refractivity contribution in [2.75, 3.05) is 10.6 Å². The number of nitrogens with one attached hydrogen (secondary N) is 4. The lowest BCUT2D eigenvalue weighted by atomic mass is 10.2. The number of carboxylic acids is 1. The molecular weight excluding hydrogens is 730 g/mol. The van der Waals surface area contributed by atoms with Gasteiger partial charge in [-0.25, -0.2) is 13.6 Å². The molecule has 0 fully saturated rings. The van der Waals surface area contributed by atoms with Crippen molar-refractivity contribution in [3.63, 3.8) is 0 Å². The Labute approximate surface area is 240 Å². The number of halogens is 4. The standard InChI is InChI=1S/C12H9FIN3O2.C12H8FIN2O3/c13-8-3-6(14)1-2-9(8)17-10-4-11(18)16-5-7(10)12(15)19;13-8-3-6(14)1-2-9(8)16-10-4-11(17)15-5-7(10)12(18)19/h1-5H,(H2,15,19)(H2,16,17,18);1-5H,(H,18,19)(H2,15,16,17). The number of hydrogen-bond acceptors (Lipinski definition) is 6. The maximum absolute atomic E-state index is 13.7. The largest absolute Gasteiger partial charge is 0.478 e. The van der Waals surface area contributed by atoms with E-state index < -0.39 is 34.6 Å². The van der Waals surface area contributed by atoms with Crippen LogP contribution in [-0.2, 0) is 0 Å². The maximum atomic E-state index is 13.7. The Balaban J connectivity index is 0.000000211. The number of nitrogens with two attached hydrogens (primary N) is 1. The van der Waals surface area contributed by atoms with E-state index in [0.29, 0.717) is 3.57 Å². The first-order chi connectivity index (χ1) is 17.9. The lowest BCUT2D eigenvalue weighted by Crippen LogP contribution is -2.17. The summed E-state index contributed by atoms with van der Waals surface area (Å²) in [5, 5.41) is 14.3. The lowest BCUT2D eigenvalue weighted by molar-refractivity contribution is 0.0697. The number of carboxylic acid groups (broad SMARTS) is 1. The fourth-order valence-electron chi connectivity index (χ4n) is 3.00. The first kappa shape index (κ1) is 28.8. The SMILES string of the molecule is NC(=O)c1c[nH]c(=O)cc1Nc1ccc(I)cc1F.O=C(O)c1c[nH]c(=O)cc1Nc1ccc(I)cc1F. The van der Waals surface area contributed by atoms with Crippen LogP contribution in [0.15, 0.2) is 70.5 Å². The Bertz CT molecular complexity index is 1520. The molecule has 0 saturated heterocycles. The Kier molecular flexibility index (Phi) is 9.56. The third-order valence-electron chi connectivity index (χ3n) is 4.75. The molecule has 196 valence electrons. The van der Waals surface area contributed by atoms with Gasteiger partial charge in [0.2, 0.25) is 11.1 Å². The summed E-state index contributed by atoms with van der Waals surface area (Å²) in [4.78, 5) is 49.3. The summed E-state index contributed by atoms with van der Waals surface area (Å²) in [6.45, 7) is 0. The lowest BCUT2D eigenvalue weighted by Gasteiger charge is -2.10. The van der Waals surface area contributed by atoms with Crippen molar-refractivity contribution < 1.29 is 23.5 Å². The van der Waals surface area contributed by atoms with E-state index in [1.807, 2.05) is 45.2 Å². The Morgan fingerprint density at radius 2 is 1.16 bits per heavy atom. The van der Waals surface area contributed by atoms with E-state index in [4.69, 9.17) is 10.8 Å². The van der Waals surface area contributed by atoms with E-state index in [1.165, 1.54) is 30.5 Å². The van der Waals surface area contributed by atoms with Gasteiger partial charge >= 0.3 is 5.97 Å². The molecule has 0 atom stereocenters. The van der Waals surface area contributed by atoms with Crippen LogP contribution in [0.3, 0.4) is 0 Å². The maximum Gasteiger partial charge on any atom is 0.339 e. The fourth-order valence-corrected chi connectivity index (χ4v) is 3.91. The van der Waals surface area contributed by atoms with E-state index in [1.54, 1.807) is 12.1 Å². The topological polar surface area (TPSA) is 170 Å². The summed E-state index contributed by atoms with van der Waals surface area (Å²) >= 11 is 3.94. The Morgan fingerprint density at radius 1 is 0.737 bits per heavy atom. The molecule has 2 heterocycles. The van der Waals surface area contributed by atoms with Crippen molar-refractivity contribution in [3.05, 3.63) is 112 Å². The van der Waals surface area contributed by atoms with E-state index in [9.17, 15) is 28.0 Å². The molecule has 0 aliphatic carbocycles. The van der Waals surface area contributed by atoms with Crippen molar-refractivity contribution in [3.8, 4) is 0 Å². The quantitative estimate of drug-likeness (QED) is 0.158. The van der Waals surface area contributed by atoms with Crippen molar-refractivity contribution in [2.24, 2.45) is 5.73 Å². The third kappa shape index (κ3) is 7.60. The number of hydrogen-bond donors (Lipinski definition) is 6. The van der Waals surface area contributed by atoms with Gasteiger partial charge in [0, 0.05) is 31.7 Å². The van der Waals surface area contributed by atoms with Crippen LogP contribution in [0.25, 0.3) is 0 Å². The summed E-state index contributed by atoms with van der Waals surface area (Å²) in [6.07, 6.45) is 2.26. The Hall–Kier alpha value is -3.80. The number of pyridine rings is 2. The number of rotatable bonds is 6. The Morgan fingerprint density at radius 3 is 1.55 bits per heavy atom. The average molecular weight is 747 g/mol. The van der Waals surface area contributed by atoms with Gasteiger partial charge in [-0.2, -0.15) is 0 Å². The number of anilines is 4. The van der Waals surface area contributed by atoms with Crippen LogP contribution in [0.1, 0.15) is 20.7 Å². The highest BCUT2D eigenvalue weighted by atomic mass is 127. The number of aromatic nitrogens is 2. The molecule has 0 saturated carbocycles. The molecule has 14 heteroatoms. The number of carbonyl (C=O) groups excluding carboxylic acids is 1. The van der Waals surface area contributed by atoms with Crippen LogP contribution in [0.4, 0.5) is 31.5 Å². The molecule has 2 aromatic heterocycles. The third-order valence-corrected chi connectivity index (χ3v) is 6.09. The average Bonchev–Trinajstić information content (AvgIpc) is 2.83. The van der Waals surface area contributed by atoms with Gasteiger partial charge < -0.3 is 31.4 Å². The zero-order valence-corrected chi connectivity index (χ0v) is 23.3. The predicted octanol–water partition coefficient (Wildman–Crippen LogP) is 4.52. The monoisotopic (exact) mass is 747 g/mol. The number of aromatic amines is 2.